The highest BCUT2D eigenvalue weighted by Gasteiger charge is 2.28. The number of anilines is 1. The normalized spacial score (nSPS) is 13.6. The molecular formula is C28H27N3O2S. The van der Waals surface area contributed by atoms with Crippen molar-refractivity contribution in [3.63, 3.8) is 0 Å². The SMILES string of the molecule is CN(C)c1ccc(-c2oc(-c3ccccc3-c3ccccc3)nc2C(=O)N2CCSCC2)cc1. The summed E-state index contributed by atoms with van der Waals surface area (Å²) in [6.07, 6.45) is 0. The monoisotopic (exact) mass is 469 g/mol. The van der Waals surface area contributed by atoms with Gasteiger partial charge in [-0.3, -0.25) is 4.79 Å². The molecule has 0 bridgehead atoms. The summed E-state index contributed by atoms with van der Waals surface area (Å²) in [6.45, 7) is 1.45. The number of hydrogen-bond donors (Lipinski definition) is 0. The van der Waals surface area contributed by atoms with E-state index in [1.807, 2.05) is 96.3 Å². The van der Waals surface area contributed by atoms with Crippen LogP contribution in [0.3, 0.4) is 0 Å². The van der Waals surface area contributed by atoms with Gasteiger partial charge in [0.1, 0.15) is 0 Å². The molecular weight excluding hydrogens is 442 g/mol. The minimum absolute atomic E-state index is 0.0702. The number of carbonyl (C=O) groups excluding carboxylic acids is 1. The summed E-state index contributed by atoms with van der Waals surface area (Å²) in [7, 11) is 4.01. The van der Waals surface area contributed by atoms with Gasteiger partial charge in [0, 0.05) is 55.5 Å². The molecule has 1 aliphatic rings. The third kappa shape index (κ3) is 4.46. The van der Waals surface area contributed by atoms with Gasteiger partial charge >= 0.3 is 0 Å². The summed E-state index contributed by atoms with van der Waals surface area (Å²) < 4.78 is 6.38. The van der Waals surface area contributed by atoms with Gasteiger partial charge in [-0.05, 0) is 41.5 Å². The molecule has 0 atom stereocenters. The van der Waals surface area contributed by atoms with Gasteiger partial charge in [-0.25, -0.2) is 4.98 Å². The third-order valence-corrected chi connectivity index (χ3v) is 6.96. The van der Waals surface area contributed by atoms with Gasteiger partial charge in [-0.15, -0.1) is 0 Å². The van der Waals surface area contributed by atoms with E-state index in [1.54, 1.807) is 0 Å². The van der Waals surface area contributed by atoms with E-state index in [-0.39, 0.29) is 5.91 Å². The molecule has 5 rings (SSSR count). The number of thioether (sulfide) groups is 1. The predicted octanol–water partition coefficient (Wildman–Crippen LogP) is 5.93. The number of nitrogens with zero attached hydrogens (tertiary/aromatic N) is 3. The van der Waals surface area contributed by atoms with Crippen molar-refractivity contribution in [3.05, 3.63) is 84.6 Å². The van der Waals surface area contributed by atoms with Crippen molar-refractivity contribution in [1.82, 2.24) is 9.88 Å². The molecule has 0 spiro atoms. The molecule has 1 saturated heterocycles. The zero-order valence-electron chi connectivity index (χ0n) is 19.4. The van der Waals surface area contributed by atoms with Crippen molar-refractivity contribution < 1.29 is 9.21 Å². The second kappa shape index (κ2) is 9.77. The number of rotatable bonds is 5. The van der Waals surface area contributed by atoms with Crippen LogP contribution in [0.4, 0.5) is 5.69 Å². The zero-order valence-corrected chi connectivity index (χ0v) is 20.2. The van der Waals surface area contributed by atoms with Crippen LogP contribution in [0.5, 0.6) is 0 Å². The van der Waals surface area contributed by atoms with Crippen LogP contribution >= 0.6 is 11.8 Å². The zero-order chi connectivity index (χ0) is 23.5. The Morgan fingerprint density at radius 3 is 2.18 bits per heavy atom. The summed E-state index contributed by atoms with van der Waals surface area (Å²) in [6, 6.07) is 26.3. The summed E-state index contributed by atoms with van der Waals surface area (Å²) in [5, 5.41) is 0. The van der Waals surface area contributed by atoms with Crippen LogP contribution in [-0.2, 0) is 0 Å². The van der Waals surface area contributed by atoms with E-state index in [9.17, 15) is 4.79 Å². The molecule has 0 radical (unpaired) electrons. The average Bonchev–Trinajstić information content (AvgIpc) is 3.35. The lowest BCUT2D eigenvalue weighted by molar-refractivity contribution is 0.0767. The Kier molecular flexibility index (Phi) is 6.41. The first-order valence-corrected chi connectivity index (χ1v) is 12.6. The standard InChI is InChI=1S/C28H27N3O2S/c1-30(2)22-14-12-21(13-15-22)26-25(28(32)31-16-18-34-19-17-31)29-27(33-26)24-11-7-6-10-23(24)20-8-4-3-5-9-20/h3-15H,16-19H2,1-2H3. The highest BCUT2D eigenvalue weighted by Crippen LogP contribution is 2.36. The van der Waals surface area contributed by atoms with Crippen molar-refractivity contribution in [3.8, 4) is 33.9 Å². The van der Waals surface area contributed by atoms with Crippen LogP contribution in [0, 0.1) is 0 Å². The van der Waals surface area contributed by atoms with Gasteiger partial charge in [0.2, 0.25) is 5.89 Å². The lowest BCUT2D eigenvalue weighted by Gasteiger charge is -2.25. The molecule has 1 aromatic heterocycles. The van der Waals surface area contributed by atoms with Gasteiger partial charge in [0.05, 0.1) is 0 Å². The molecule has 1 aliphatic heterocycles. The highest BCUT2D eigenvalue weighted by molar-refractivity contribution is 7.99. The fraction of sp³-hybridized carbons (Fsp3) is 0.214. The van der Waals surface area contributed by atoms with Crippen molar-refractivity contribution in [1.29, 1.82) is 0 Å². The second-order valence-corrected chi connectivity index (χ2v) is 9.68. The average molecular weight is 470 g/mol. The first kappa shape index (κ1) is 22.3. The maximum absolute atomic E-state index is 13.6. The summed E-state index contributed by atoms with van der Waals surface area (Å²) >= 11 is 1.88. The van der Waals surface area contributed by atoms with E-state index in [4.69, 9.17) is 9.40 Å². The van der Waals surface area contributed by atoms with Gasteiger partial charge < -0.3 is 14.2 Å². The molecule has 1 fully saturated rings. The molecule has 0 aliphatic carbocycles. The molecule has 0 N–H and O–H groups in total. The fourth-order valence-corrected chi connectivity index (χ4v) is 5.05. The molecule has 5 nitrogen and oxygen atoms in total. The summed E-state index contributed by atoms with van der Waals surface area (Å²) in [5.74, 6) is 2.80. The molecule has 0 unspecified atom stereocenters. The third-order valence-electron chi connectivity index (χ3n) is 6.02. The smallest absolute Gasteiger partial charge is 0.276 e. The Hall–Kier alpha value is -3.51. The number of aromatic nitrogens is 1. The Balaban J connectivity index is 1.62. The van der Waals surface area contributed by atoms with Crippen molar-refractivity contribution >= 4 is 23.4 Å². The maximum Gasteiger partial charge on any atom is 0.276 e. The minimum Gasteiger partial charge on any atom is -0.435 e. The van der Waals surface area contributed by atoms with Crippen molar-refractivity contribution in [2.45, 2.75) is 0 Å². The first-order chi connectivity index (χ1) is 16.6. The van der Waals surface area contributed by atoms with Crippen LogP contribution in [0.15, 0.2) is 83.3 Å². The Bertz CT molecular complexity index is 1280. The number of benzene rings is 3. The fourth-order valence-electron chi connectivity index (χ4n) is 4.14. The van der Waals surface area contributed by atoms with E-state index < -0.39 is 0 Å². The van der Waals surface area contributed by atoms with Gasteiger partial charge in [0.25, 0.3) is 5.91 Å². The highest BCUT2D eigenvalue weighted by atomic mass is 32.2. The molecule has 0 saturated carbocycles. The first-order valence-electron chi connectivity index (χ1n) is 11.4. The number of oxazole rings is 1. The second-order valence-electron chi connectivity index (χ2n) is 8.45. The van der Waals surface area contributed by atoms with Crippen molar-refractivity contribution in [2.24, 2.45) is 0 Å². The number of carbonyl (C=O) groups is 1. The van der Waals surface area contributed by atoms with Crippen LogP contribution in [-0.4, -0.2) is 54.5 Å². The van der Waals surface area contributed by atoms with Crippen molar-refractivity contribution in [2.75, 3.05) is 43.6 Å². The lowest BCUT2D eigenvalue weighted by Crippen LogP contribution is -2.38. The predicted molar refractivity (Wildman–Crippen MR) is 140 cm³/mol. The van der Waals surface area contributed by atoms with E-state index in [1.165, 1.54) is 0 Å². The van der Waals surface area contributed by atoms with Gasteiger partial charge in [0.15, 0.2) is 11.5 Å². The molecule has 3 aromatic carbocycles. The maximum atomic E-state index is 13.6. The molecule has 172 valence electrons. The largest absolute Gasteiger partial charge is 0.435 e. The van der Waals surface area contributed by atoms with Crippen LogP contribution in [0.1, 0.15) is 10.5 Å². The van der Waals surface area contributed by atoms with Crippen LogP contribution < -0.4 is 4.90 Å². The van der Waals surface area contributed by atoms with Crippen LogP contribution in [0.2, 0.25) is 0 Å². The topological polar surface area (TPSA) is 49.6 Å². The summed E-state index contributed by atoms with van der Waals surface area (Å²) in [5.41, 5.74) is 5.27. The molecule has 4 aromatic rings. The van der Waals surface area contributed by atoms with E-state index >= 15 is 0 Å². The quantitative estimate of drug-likeness (QED) is 0.363. The van der Waals surface area contributed by atoms with E-state index in [0.717, 1.165) is 52.5 Å². The van der Waals surface area contributed by atoms with Gasteiger partial charge in [-0.1, -0.05) is 48.5 Å². The molecule has 34 heavy (non-hydrogen) atoms. The Labute approximate surface area is 204 Å². The molecule has 1 amide bonds. The van der Waals surface area contributed by atoms with Gasteiger partial charge in [-0.2, -0.15) is 11.8 Å². The lowest BCUT2D eigenvalue weighted by atomic mass is 10.00. The molecule has 2 heterocycles. The number of hydrogen-bond acceptors (Lipinski definition) is 5. The Morgan fingerprint density at radius 1 is 0.853 bits per heavy atom. The minimum atomic E-state index is -0.0702. The number of amides is 1. The van der Waals surface area contributed by atoms with E-state index in [2.05, 4.69) is 18.2 Å². The molecule has 6 heteroatoms. The van der Waals surface area contributed by atoms with E-state index in [0.29, 0.717) is 17.3 Å². The van der Waals surface area contributed by atoms with Crippen LogP contribution in [0.25, 0.3) is 33.9 Å². The Morgan fingerprint density at radius 2 is 1.50 bits per heavy atom. The summed E-state index contributed by atoms with van der Waals surface area (Å²) in [4.78, 5) is 22.3.